The molecule has 0 unspecified atom stereocenters. The molecule has 1 aliphatic rings. The molecule has 1 saturated carbocycles. The molecule has 1 fully saturated rings. The SMILES string of the molecule is Cc1cc(O)cc(C2(C#N)CCC2)c1Br. The van der Waals surface area contributed by atoms with Gasteiger partial charge in [-0.15, -0.1) is 0 Å². The summed E-state index contributed by atoms with van der Waals surface area (Å²) in [6, 6.07) is 5.80. The highest BCUT2D eigenvalue weighted by Gasteiger charge is 2.40. The summed E-state index contributed by atoms with van der Waals surface area (Å²) >= 11 is 3.50. The molecule has 0 amide bonds. The lowest BCUT2D eigenvalue weighted by Gasteiger charge is -2.36. The lowest BCUT2D eigenvalue weighted by Crippen LogP contribution is -2.32. The molecule has 0 heterocycles. The van der Waals surface area contributed by atoms with Crippen molar-refractivity contribution in [3.05, 3.63) is 27.7 Å². The minimum Gasteiger partial charge on any atom is -0.508 e. The molecular formula is C12H12BrNO. The molecule has 1 aromatic carbocycles. The molecule has 0 aliphatic heterocycles. The van der Waals surface area contributed by atoms with Crippen LogP contribution < -0.4 is 0 Å². The van der Waals surface area contributed by atoms with Crippen molar-refractivity contribution >= 4 is 15.9 Å². The summed E-state index contributed by atoms with van der Waals surface area (Å²) in [5, 5.41) is 18.8. The quantitative estimate of drug-likeness (QED) is 0.846. The molecule has 2 nitrogen and oxygen atoms in total. The number of phenols is 1. The first-order valence-electron chi connectivity index (χ1n) is 5.00. The highest BCUT2D eigenvalue weighted by molar-refractivity contribution is 9.10. The predicted octanol–water partition coefficient (Wildman–Crippen LogP) is 3.41. The van der Waals surface area contributed by atoms with E-state index in [4.69, 9.17) is 0 Å². The van der Waals surface area contributed by atoms with Crippen LogP contribution in [0, 0.1) is 18.3 Å². The number of aryl methyl sites for hydroxylation is 1. The maximum absolute atomic E-state index is 9.57. The van der Waals surface area contributed by atoms with E-state index in [0.29, 0.717) is 0 Å². The zero-order valence-corrected chi connectivity index (χ0v) is 10.1. The van der Waals surface area contributed by atoms with Crippen LogP contribution in [0.25, 0.3) is 0 Å². The van der Waals surface area contributed by atoms with Crippen LogP contribution in [0.5, 0.6) is 5.75 Å². The average Bonchev–Trinajstić information content (AvgIpc) is 2.12. The fraction of sp³-hybridized carbons (Fsp3) is 0.417. The molecule has 2 rings (SSSR count). The summed E-state index contributed by atoms with van der Waals surface area (Å²) in [6.45, 7) is 1.93. The summed E-state index contributed by atoms with van der Waals surface area (Å²) in [4.78, 5) is 0. The molecule has 0 aromatic heterocycles. The second-order valence-electron chi connectivity index (χ2n) is 4.17. The number of nitriles is 1. The van der Waals surface area contributed by atoms with E-state index in [0.717, 1.165) is 34.9 Å². The molecular weight excluding hydrogens is 254 g/mol. The molecule has 78 valence electrons. The molecule has 3 heteroatoms. The van der Waals surface area contributed by atoms with Gasteiger partial charge in [0, 0.05) is 4.47 Å². The van der Waals surface area contributed by atoms with Crippen molar-refractivity contribution < 1.29 is 5.11 Å². The Bertz CT molecular complexity index is 444. The van der Waals surface area contributed by atoms with E-state index in [1.807, 2.05) is 6.92 Å². The number of hydrogen-bond acceptors (Lipinski definition) is 2. The minimum absolute atomic E-state index is 0.243. The first-order chi connectivity index (χ1) is 7.09. The molecule has 15 heavy (non-hydrogen) atoms. The normalized spacial score (nSPS) is 17.9. The Kier molecular flexibility index (Phi) is 2.47. The van der Waals surface area contributed by atoms with E-state index < -0.39 is 0 Å². The van der Waals surface area contributed by atoms with E-state index >= 15 is 0 Å². The molecule has 0 radical (unpaired) electrons. The van der Waals surface area contributed by atoms with Crippen molar-refractivity contribution in [1.29, 1.82) is 5.26 Å². The number of nitrogens with zero attached hydrogens (tertiary/aromatic N) is 1. The highest BCUT2D eigenvalue weighted by Crippen LogP contribution is 2.47. The van der Waals surface area contributed by atoms with Crippen molar-refractivity contribution in [1.82, 2.24) is 0 Å². The predicted molar refractivity (Wildman–Crippen MR) is 61.7 cm³/mol. The number of hydrogen-bond donors (Lipinski definition) is 1. The van der Waals surface area contributed by atoms with Gasteiger partial charge in [-0.2, -0.15) is 5.26 Å². The van der Waals surface area contributed by atoms with Crippen LogP contribution in [0.2, 0.25) is 0 Å². The van der Waals surface area contributed by atoms with Gasteiger partial charge in [-0.25, -0.2) is 0 Å². The van der Waals surface area contributed by atoms with Gasteiger partial charge in [-0.05, 0) is 49.4 Å². The van der Waals surface area contributed by atoms with Gasteiger partial charge in [0.15, 0.2) is 0 Å². The van der Waals surface area contributed by atoms with Crippen molar-refractivity contribution in [2.24, 2.45) is 0 Å². The number of phenolic OH excluding ortho intramolecular Hbond substituents is 1. The highest BCUT2D eigenvalue weighted by atomic mass is 79.9. The lowest BCUT2D eigenvalue weighted by atomic mass is 9.65. The zero-order chi connectivity index (χ0) is 11.1. The van der Waals surface area contributed by atoms with Gasteiger partial charge in [0.2, 0.25) is 0 Å². The van der Waals surface area contributed by atoms with Gasteiger partial charge in [0.05, 0.1) is 11.5 Å². The molecule has 1 N–H and O–H groups in total. The number of benzene rings is 1. The second-order valence-corrected chi connectivity index (χ2v) is 4.96. The molecule has 0 atom stereocenters. The van der Waals surface area contributed by atoms with Gasteiger partial charge in [-0.1, -0.05) is 15.9 Å². The number of rotatable bonds is 1. The van der Waals surface area contributed by atoms with E-state index in [-0.39, 0.29) is 11.2 Å². The average molecular weight is 266 g/mol. The van der Waals surface area contributed by atoms with Crippen LogP contribution in [-0.2, 0) is 5.41 Å². The third-order valence-corrected chi connectivity index (χ3v) is 4.23. The Morgan fingerprint density at radius 1 is 1.47 bits per heavy atom. The number of aromatic hydroxyl groups is 1. The monoisotopic (exact) mass is 265 g/mol. The summed E-state index contributed by atoms with van der Waals surface area (Å²) < 4.78 is 0.960. The van der Waals surface area contributed by atoms with E-state index in [1.165, 1.54) is 0 Å². The van der Waals surface area contributed by atoms with E-state index in [1.54, 1.807) is 12.1 Å². The standard InChI is InChI=1S/C12H12BrNO/c1-8-5-9(15)6-10(11(8)13)12(7-14)3-2-4-12/h5-6,15H,2-4H2,1H3. The van der Waals surface area contributed by atoms with E-state index in [2.05, 4.69) is 22.0 Å². The van der Waals surface area contributed by atoms with Crippen LogP contribution in [0.15, 0.2) is 16.6 Å². The zero-order valence-electron chi connectivity index (χ0n) is 8.55. The molecule has 1 aliphatic carbocycles. The molecule has 1 aromatic rings. The Balaban J connectivity index is 2.57. The maximum Gasteiger partial charge on any atom is 0.116 e. The summed E-state index contributed by atoms with van der Waals surface area (Å²) in [5.41, 5.74) is 1.54. The maximum atomic E-state index is 9.57. The third kappa shape index (κ3) is 1.53. The first-order valence-corrected chi connectivity index (χ1v) is 5.79. The van der Waals surface area contributed by atoms with Crippen molar-refractivity contribution in [2.45, 2.75) is 31.6 Å². The Morgan fingerprint density at radius 3 is 2.60 bits per heavy atom. The van der Waals surface area contributed by atoms with Crippen molar-refractivity contribution in [3.8, 4) is 11.8 Å². The molecule has 0 saturated heterocycles. The summed E-state index contributed by atoms with van der Waals surface area (Å²) in [7, 11) is 0. The summed E-state index contributed by atoms with van der Waals surface area (Å²) in [5.74, 6) is 0.243. The third-order valence-electron chi connectivity index (χ3n) is 3.18. The fourth-order valence-corrected chi connectivity index (χ4v) is 2.68. The Hall–Kier alpha value is -1.01. The Labute approximate surface area is 97.7 Å². The molecule has 0 bridgehead atoms. The van der Waals surface area contributed by atoms with Gasteiger partial charge in [-0.3, -0.25) is 0 Å². The minimum atomic E-state index is -0.373. The number of halogens is 1. The van der Waals surface area contributed by atoms with Crippen LogP contribution in [0.3, 0.4) is 0 Å². The smallest absolute Gasteiger partial charge is 0.116 e. The van der Waals surface area contributed by atoms with E-state index in [9.17, 15) is 10.4 Å². The fourth-order valence-electron chi connectivity index (χ4n) is 2.07. The van der Waals surface area contributed by atoms with Crippen molar-refractivity contribution in [2.75, 3.05) is 0 Å². The van der Waals surface area contributed by atoms with Crippen LogP contribution in [0.1, 0.15) is 30.4 Å². The lowest BCUT2D eigenvalue weighted by molar-refractivity contribution is 0.321. The van der Waals surface area contributed by atoms with Crippen molar-refractivity contribution in [3.63, 3.8) is 0 Å². The van der Waals surface area contributed by atoms with Gasteiger partial charge in [0.25, 0.3) is 0 Å². The Morgan fingerprint density at radius 2 is 2.13 bits per heavy atom. The topological polar surface area (TPSA) is 44.0 Å². The molecule has 0 spiro atoms. The first kappa shape index (κ1) is 10.5. The summed E-state index contributed by atoms with van der Waals surface area (Å²) in [6.07, 6.45) is 2.88. The van der Waals surface area contributed by atoms with Crippen LogP contribution >= 0.6 is 15.9 Å². The van der Waals surface area contributed by atoms with Gasteiger partial charge in [0.1, 0.15) is 5.75 Å². The van der Waals surface area contributed by atoms with Crippen LogP contribution in [-0.4, -0.2) is 5.11 Å². The second kappa shape index (κ2) is 3.53. The van der Waals surface area contributed by atoms with Gasteiger partial charge >= 0.3 is 0 Å². The largest absolute Gasteiger partial charge is 0.508 e. The van der Waals surface area contributed by atoms with Crippen LogP contribution in [0.4, 0.5) is 0 Å². The van der Waals surface area contributed by atoms with Gasteiger partial charge < -0.3 is 5.11 Å².